The van der Waals surface area contributed by atoms with E-state index in [1.165, 1.54) is 38.5 Å². The molecule has 1 aromatic carbocycles. The lowest BCUT2D eigenvalue weighted by atomic mass is 10.0. The minimum atomic E-state index is 0.163. The van der Waals surface area contributed by atoms with Gasteiger partial charge in [0.2, 0.25) is 11.9 Å². The van der Waals surface area contributed by atoms with E-state index in [4.69, 9.17) is 14.7 Å². The molecule has 3 aliphatic heterocycles. The summed E-state index contributed by atoms with van der Waals surface area (Å²) < 4.78 is 5.24. The fourth-order valence-corrected chi connectivity index (χ4v) is 5.23. The summed E-state index contributed by atoms with van der Waals surface area (Å²) in [6, 6.07) is 7.78. The Morgan fingerprint density at radius 2 is 1.55 bits per heavy atom. The molecule has 7 nitrogen and oxygen atoms in total. The van der Waals surface area contributed by atoms with Gasteiger partial charge >= 0.3 is 0 Å². The summed E-state index contributed by atoms with van der Waals surface area (Å²) >= 11 is 0. The first-order chi connectivity index (χ1) is 16.2. The first-order valence-corrected chi connectivity index (χ1v) is 12.5. The van der Waals surface area contributed by atoms with Crippen LogP contribution in [-0.2, 0) is 24.2 Å². The zero-order valence-electron chi connectivity index (χ0n) is 19.8. The van der Waals surface area contributed by atoms with E-state index >= 15 is 0 Å². The molecular weight excluding hydrogens is 414 g/mol. The highest BCUT2D eigenvalue weighted by Gasteiger charge is 2.29. The summed E-state index contributed by atoms with van der Waals surface area (Å²) in [7, 11) is 1.66. The van der Waals surface area contributed by atoms with Crippen molar-refractivity contribution in [2.75, 3.05) is 49.6 Å². The maximum atomic E-state index is 13.2. The van der Waals surface area contributed by atoms with E-state index in [-0.39, 0.29) is 5.91 Å². The molecule has 0 unspecified atom stereocenters. The van der Waals surface area contributed by atoms with Gasteiger partial charge < -0.3 is 19.4 Å². The third-order valence-corrected chi connectivity index (χ3v) is 7.19. The van der Waals surface area contributed by atoms with Crippen LogP contribution in [0.1, 0.15) is 55.3 Å². The standard InChI is InChI=1S/C26H35N5O2/c1-33-21-10-8-20(9-11-21)18-24(32)31-17-12-23-22(19-31)25(29-13-4-2-5-14-29)28-26(27-23)30-15-6-3-7-16-30/h8-11H,2-7,12-19H2,1H3. The Morgan fingerprint density at radius 3 is 2.21 bits per heavy atom. The minimum Gasteiger partial charge on any atom is -0.497 e. The number of hydrogen-bond donors (Lipinski definition) is 0. The Kier molecular flexibility index (Phi) is 6.65. The van der Waals surface area contributed by atoms with Crippen LogP contribution in [-0.4, -0.2) is 60.6 Å². The van der Waals surface area contributed by atoms with Crippen molar-refractivity contribution in [3.05, 3.63) is 41.1 Å². The topological polar surface area (TPSA) is 61.8 Å². The van der Waals surface area contributed by atoms with Gasteiger partial charge in [-0.05, 0) is 56.2 Å². The van der Waals surface area contributed by atoms with Crippen LogP contribution in [0, 0.1) is 0 Å². The second-order valence-electron chi connectivity index (χ2n) is 9.46. The largest absolute Gasteiger partial charge is 0.497 e. The van der Waals surface area contributed by atoms with Crippen LogP contribution < -0.4 is 14.5 Å². The number of nitrogens with zero attached hydrogens (tertiary/aromatic N) is 5. The van der Waals surface area contributed by atoms with Crippen molar-refractivity contribution in [1.82, 2.24) is 14.9 Å². The maximum absolute atomic E-state index is 13.2. The second-order valence-corrected chi connectivity index (χ2v) is 9.46. The van der Waals surface area contributed by atoms with Gasteiger partial charge in [-0.25, -0.2) is 4.98 Å². The highest BCUT2D eigenvalue weighted by Crippen LogP contribution is 2.31. The molecule has 0 aliphatic carbocycles. The van der Waals surface area contributed by atoms with Gasteiger partial charge in [-0.1, -0.05) is 12.1 Å². The average Bonchev–Trinajstić information content (AvgIpc) is 2.89. The van der Waals surface area contributed by atoms with Crippen molar-refractivity contribution in [3.63, 3.8) is 0 Å². The number of anilines is 2. The fraction of sp³-hybridized carbons (Fsp3) is 0.577. The molecule has 176 valence electrons. The van der Waals surface area contributed by atoms with Crippen molar-refractivity contribution in [1.29, 1.82) is 0 Å². The van der Waals surface area contributed by atoms with Crippen LogP contribution in [0.4, 0.5) is 11.8 Å². The smallest absolute Gasteiger partial charge is 0.227 e. The molecular formula is C26H35N5O2. The van der Waals surface area contributed by atoms with Gasteiger partial charge in [-0.15, -0.1) is 0 Å². The van der Waals surface area contributed by atoms with Gasteiger partial charge in [0.25, 0.3) is 0 Å². The van der Waals surface area contributed by atoms with Crippen LogP contribution in [0.5, 0.6) is 5.75 Å². The molecule has 0 radical (unpaired) electrons. The van der Waals surface area contributed by atoms with Gasteiger partial charge in [-0.3, -0.25) is 4.79 Å². The van der Waals surface area contributed by atoms with E-state index in [9.17, 15) is 4.79 Å². The maximum Gasteiger partial charge on any atom is 0.227 e. The summed E-state index contributed by atoms with van der Waals surface area (Å²) in [5.41, 5.74) is 3.31. The lowest BCUT2D eigenvalue weighted by Gasteiger charge is -2.36. The number of aromatic nitrogens is 2. The molecule has 7 heteroatoms. The Hall–Kier alpha value is -2.83. The summed E-state index contributed by atoms with van der Waals surface area (Å²) in [5.74, 6) is 2.94. The highest BCUT2D eigenvalue weighted by molar-refractivity contribution is 5.79. The van der Waals surface area contributed by atoms with Crippen LogP contribution in [0.15, 0.2) is 24.3 Å². The Balaban J connectivity index is 1.38. The molecule has 0 N–H and O–H groups in total. The van der Waals surface area contributed by atoms with Crippen molar-refractivity contribution in [2.24, 2.45) is 0 Å². The highest BCUT2D eigenvalue weighted by atomic mass is 16.5. The molecule has 2 saturated heterocycles. The van der Waals surface area contributed by atoms with Gasteiger partial charge in [0.05, 0.1) is 25.8 Å². The molecule has 2 aromatic rings. The van der Waals surface area contributed by atoms with E-state index < -0.39 is 0 Å². The zero-order chi connectivity index (χ0) is 22.6. The number of carbonyl (C=O) groups is 1. The van der Waals surface area contributed by atoms with E-state index in [1.54, 1.807) is 7.11 Å². The first-order valence-electron chi connectivity index (χ1n) is 12.5. The quantitative estimate of drug-likeness (QED) is 0.695. The number of benzene rings is 1. The predicted octanol–water partition coefficient (Wildman–Crippen LogP) is 3.59. The Morgan fingerprint density at radius 1 is 0.879 bits per heavy atom. The van der Waals surface area contributed by atoms with Crippen LogP contribution in [0.3, 0.4) is 0 Å². The van der Waals surface area contributed by atoms with Crippen molar-refractivity contribution in [3.8, 4) is 5.75 Å². The van der Waals surface area contributed by atoms with Crippen LogP contribution in [0.2, 0.25) is 0 Å². The summed E-state index contributed by atoms with van der Waals surface area (Å²) in [4.78, 5) is 30.1. The van der Waals surface area contributed by atoms with Gasteiger partial charge in [0.1, 0.15) is 11.6 Å². The number of hydrogen-bond acceptors (Lipinski definition) is 6. The number of piperidine rings is 2. The summed E-state index contributed by atoms with van der Waals surface area (Å²) in [5, 5.41) is 0. The number of methoxy groups -OCH3 is 1. The molecule has 0 atom stereocenters. The van der Waals surface area contributed by atoms with E-state index in [2.05, 4.69) is 9.80 Å². The molecule has 4 heterocycles. The van der Waals surface area contributed by atoms with Crippen molar-refractivity contribution in [2.45, 2.75) is 57.9 Å². The van der Waals surface area contributed by atoms with Gasteiger partial charge in [-0.2, -0.15) is 4.98 Å². The van der Waals surface area contributed by atoms with Crippen molar-refractivity contribution < 1.29 is 9.53 Å². The summed E-state index contributed by atoms with van der Waals surface area (Å²) in [6.45, 7) is 5.51. The molecule has 33 heavy (non-hydrogen) atoms. The molecule has 0 bridgehead atoms. The fourth-order valence-electron chi connectivity index (χ4n) is 5.23. The number of carbonyl (C=O) groups excluding carboxylic acids is 1. The van der Waals surface area contributed by atoms with E-state index in [0.717, 1.165) is 73.5 Å². The number of ether oxygens (including phenoxy) is 1. The molecule has 2 fully saturated rings. The van der Waals surface area contributed by atoms with E-state index in [1.807, 2.05) is 29.2 Å². The Labute approximate surface area is 196 Å². The van der Waals surface area contributed by atoms with Crippen LogP contribution >= 0.6 is 0 Å². The average molecular weight is 450 g/mol. The van der Waals surface area contributed by atoms with Gasteiger partial charge in [0.15, 0.2) is 0 Å². The molecule has 1 aromatic heterocycles. The summed E-state index contributed by atoms with van der Waals surface area (Å²) in [6.07, 6.45) is 8.63. The van der Waals surface area contributed by atoms with Crippen LogP contribution in [0.25, 0.3) is 0 Å². The van der Waals surface area contributed by atoms with Crippen molar-refractivity contribution >= 4 is 17.7 Å². The monoisotopic (exact) mass is 449 g/mol. The first kappa shape index (κ1) is 22.0. The Bertz CT molecular complexity index is 965. The van der Waals surface area contributed by atoms with Gasteiger partial charge in [0, 0.05) is 44.7 Å². The SMILES string of the molecule is COc1ccc(CC(=O)N2CCc3nc(N4CCCCC4)nc(N4CCCCC4)c3C2)cc1. The lowest BCUT2D eigenvalue weighted by Crippen LogP contribution is -2.40. The predicted molar refractivity (Wildman–Crippen MR) is 130 cm³/mol. The third-order valence-electron chi connectivity index (χ3n) is 7.19. The molecule has 5 rings (SSSR count). The lowest BCUT2D eigenvalue weighted by molar-refractivity contribution is -0.131. The number of amides is 1. The zero-order valence-corrected chi connectivity index (χ0v) is 19.8. The molecule has 0 saturated carbocycles. The second kappa shape index (κ2) is 9.98. The number of fused-ring (bicyclic) bond motifs is 1. The minimum absolute atomic E-state index is 0.163. The molecule has 1 amide bonds. The normalized spacial score (nSPS) is 18.8. The third kappa shape index (κ3) is 4.92. The molecule has 0 spiro atoms. The van der Waals surface area contributed by atoms with E-state index in [0.29, 0.717) is 13.0 Å². The molecule has 3 aliphatic rings. The number of rotatable bonds is 5.